The largest absolute Gasteiger partial charge is 0.389 e. The molecule has 1 atom stereocenters. The first-order valence-corrected chi connectivity index (χ1v) is 13.3. The maximum absolute atomic E-state index is 12.4. The minimum absolute atomic E-state index is 0.00923. The minimum atomic E-state index is -0.775. The highest BCUT2D eigenvalue weighted by Crippen LogP contribution is 2.50. The summed E-state index contributed by atoms with van der Waals surface area (Å²) in [6.07, 6.45) is 6.07. The molecular formula is C27H42N4O4. The summed E-state index contributed by atoms with van der Waals surface area (Å²) in [5.74, 6) is 0.00923. The van der Waals surface area contributed by atoms with Crippen molar-refractivity contribution in [3.8, 4) is 0 Å². The molecule has 2 heterocycles. The van der Waals surface area contributed by atoms with E-state index in [0.717, 1.165) is 51.5 Å². The second kappa shape index (κ2) is 9.72. The molecule has 5 rings (SSSR count). The average molecular weight is 487 g/mol. The molecule has 3 N–H and O–H groups in total. The molecule has 0 aromatic heterocycles. The number of nitrogens with one attached hydrogen (secondary N) is 1. The molecule has 2 aliphatic heterocycles. The van der Waals surface area contributed by atoms with E-state index < -0.39 is 12.0 Å². The van der Waals surface area contributed by atoms with Crippen molar-refractivity contribution in [3.05, 3.63) is 35.9 Å². The first-order valence-electron chi connectivity index (χ1n) is 13.3. The van der Waals surface area contributed by atoms with Crippen LogP contribution in [0.2, 0.25) is 0 Å². The summed E-state index contributed by atoms with van der Waals surface area (Å²) in [7, 11) is 4.34. The first-order chi connectivity index (χ1) is 16.8. The minimum Gasteiger partial charge on any atom is -0.389 e. The fourth-order valence-electron chi connectivity index (χ4n) is 6.68. The van der Waals surface area contributed by atoms with Crippen LogP contribution in [0.25, 0.3) is 0 Å². The van der Waals surface area contributed by atoms with Gasteiger partial charge in [-0.2, -0.15) is 0 Å². The van der Waals surface area contributed by atoms with Crippen LogP contribution in [0.4, 0.5) is 0 Å². The maximum Gasteiger partial charge on any atom is 0.221 e. The number of nitrogens with zero attached hydrogens (tertiary/aromatic N) is 3. The van der Waals surface area contributed by atoms with Gasteiger partial charge in [0.1, 0.15) is 0 Å². The number of hydrogen-bond donors (Lipinski definition) is 3. The number of rotatable bonds is 8. The van der Waals surface area contributed by atoms with Gasteiger partial charge in [0.15, 0.2) is 6.35 Å². The van der Waals surface area contributed by atoms with Gasteiger partial charge in [-0.25, -0.2) is 0 Å². The Labute approximate surface area is 209 Å². The lowest BCUT2D eigenvalue weighted by Gasteiger charge is -2.53. The van der Waals surface area contributed by atoms with Crippen molar-refractivity contribution >= 4 is 5.91 Å². The number of carbonyl (C=O) groups excluding carboxylic acids is 1. The molecule has 2 saturated carbocycles. The molecule has 1 aromatic carbocycles. The fourth-order valence-corrected chi connectivity index (χ4v) is 6.68. The van der Waals surface area contributed by atoms with Gasteiger partial charge in [-0.05, 0) is 64.6 Å². The van der Waals surface area contributed by atoms with Gasteiger partial charge >= 0.3 is 0 Å². The van der Waals surface area contributed by atoms with E-state index in [0.29, 0.717) is 32.7 Å². The molecule has 8 heteroatoms. The molecule has 1 unspecified atom stereocenters. The van der Waals surface area contributed by atoms with E-state index in [1.54, 1.807) is 0 Å². The van der Waals surface area contributed by atoms with E-state index in [2.05, 4.69) is 59.5 Å². The van der Waals surface area contributed by atoms with Crippen molar-refractivity contribution < 1.29 is 19.7 Å². The van der Waals surface area contributed by atoms with Crippen LogP contribution in [0.5, 0.6) is 0 Å². The van der Waals surface area contributed by atoms with E-state index >= 15 is 0 Å². The van der Waals surface area contributed by atoms with Crippen molar-refractivity contribution in [1.82, 2.24) is 20.0 Å². The summed E-state index contributed by atoms with van der Waals surface area (Å²) in [6, 6.07) is 10.9. The number of aliphatic hydroxyl groups excluding tert-OH is 1. The molecule has 4 fully saturated rings. The summed E-state index contributed by atoms with van der Waals surface area (Å²) in [6.45, 7) is 2.90. The summed E-state index contributed by atoms with van der Waals surface area (Å²) < 4.78 is 5.15. The maximum atomic E-state index is 12.4. The summed E-state index contributed by atoms with van der Waals surface area (Å²) >= 11 is 0. The van der Waals surface area contributed by atoms with Crippen molar-refractivity contribution in [2.45, 2.75) is 80.4 Å². The van der Waals surface area contributed by atoms with E-state index in [4.69, 9.17) is 4.74 Å². The Morgan fingerprint density at radius 3 is 2.34 bits per heavy atom. The second-order valence-corrected chi connectivity index (χ2v) is 11.6. The lowest BCUT2D eigenvalue weighted by Crippen LogP contribution is -2.60. The van der Waals surface area contributed by atoms with Crippen LogP contribution in [0.3, 0.4) is 0 Å². The fraction of sp³-hybridized carbons (Fsp3) is 0.741. The SMILES string of the molecule is CN(C)[C@]1(c2ccccc2)CC[C@]2(CC1)CN(CCC(=O)NC1COC1)C(O)N2CC1(O)CCC1. The molecule has 0 bridgehead atoms. The zero-order valence-corrected chi connectivity index (χ0v) is 21.3. The highest BCUT2D eigenvalue weighted by molar-refractivity contribution is 5.76. The normalized spacial score (nSPS) is 33.6. The van der Waals surface area contributed by atoms with Crippen molar-refractivity contribution in [2.75, 3.05) is 46.9 Å². The number of hydrogen-bond acceptors (Lipinski definition) is 7. The van der Waals surface area contributed by atoms with Gasteiger partial charge in [-0.3, -0.25) is 19.5 Å². The molecule has 35 heavy (non-hydrogen) atoms. The van der Waals surface area contributed by atoms with E-state index in [1.807, 2.05) is 4.90 Å². The number of ether oxygens (including phenoxy) is 1. The number of amides is 1. The van der Waals surface area contributed by atoms with Crippen LogP contribution < -0.4 is 5.32 Å². The molecule has 0 radical (unpaired) electrons. The Morgan fingerprint density at radius 2 is 1.80 bits per heavy atom. The number of β-amino-alcohol motifs (C(OH)–C–C–N with tert-alkyl or cyclic N) is 1. The topological polar surface area (TPSA) is 88.5 Å². The van der Waals surface area contributed by atoms with Gasteiger partial charge in [-0.15, -0.1) is 0 Å². The van der Waals surface area contributed by atoms with Gasteiger partial charge in [0, 0.05) is 37.1 Å². The Morgan fingerprint density at radius 1 is 1.11 bits per heavy atom. The standard InChI is InChI=1S/C27H42N4O4/c1-29(2)27(21-7-4-3-5-8-21)14-12-25(13-15-27)19-30(16-9-23(32)28-22-17-35-18-22)24(33)31(25)20-26(34)10-6-11-26/h3-5,7-8,22,24,33-34H,6,9-20H2,1-2H3,(H,28,32)/t24?,25-,27+. The second-order valence-electron chi connectivity index (χ2n) is 11.6. The molecule has 1 spiro atoms. The number of aliphatic hydroxyl groups is 2. The first kappa shape index (κ1) is 25.1. The van der Waals surface area contributed by atoms with Gasteiger partial charge in [0.2, 0.25) is 5.91 Å². The van der Waals surface area contributed by atoms with Gasteiger partial charge in [-0.1, -0.05) is 30.3 Å². The zero-order chi connectivity index (χ0) is 24.7. The predicted molar refractivity (Wildman–Crippen MR) is 133 cm³/mol. The number of carbonyl (C=O) groups is 1. The van der Waals surface area contributed by atoms with Crippen LogP contribution in [0, 0.1) is 0 Å². The van der Waals surface area contributed by atoms with Crippen molar-refractivity contribution in [2.24, 2.45) is 0 Å². The Balaban J connectivity index is 1.32. The van der Waals surface area contributed by atoms with Crippen LogP contribution in [-0.2, 0) is 15.1 Å². The predicted octanol–water partition coefficient (Wildman–Crippen LogP) is 1.47. The van der Waals surface area contributed by atoms with E-state index in [9.17, 15) is 15.0 Å². The quantitative estimate of drug-likeness (QED) is 0.513. The molecule has 8 nitrogen and oxygen atoms in total. The van der Waals surface area contributed by atoms with Crippen LogP contribution in [0.1, 0.15) is 56.9 Å². The Hall–Kier alpha value is -1.55. The Kier molecular flexibility index (Phi) is 6.98. The summed E-state index contributed by atoms with van der Waals surface area (Å²) in [4.78, 5) is 19.0. The third-order valence-electron chi connectivity index (χ3n) is 9.27. The molecule has 2 aliphatic carbocycles. The van der Waals surface area contributed by atoms with E-state index in [-0.39, 0.29) is 23.0 Å². The number of benzene rings is 1. The molecule has 2 saturated heterocycles. The zero-order valence-electron chi connectivity index (χ0n) is 21.3. The van der Waals surface area contributed by atoms with Crippen molar-refractivity contribution in [3.63, 3.8) is 0 Å². The smallest absolute Gasteiger partial charge is 0.221 e. The molecule has 194 valence electrons. The summed E-state index contributed by atoms with van der Waals surface area (Å²) in [5.41, 5.74) is 0.406. The molecule has 1 amide bonds. The van der Waals surface area contributed by atoms with Gasteiger partial charge in [0.25, 0.3) is 0 Å². The van der Waals surface area contributed by atoms with Crippen LogP contribution in [0.15, 0.2) is 30.3 Å². The Bertz CT molecular complexity index is 878. The van der Waals surface area contributed by atoms with Gasteiger partial charge in [0.05, 0.1) is 24.9 Å². The average Bonchev–Trinajstić information content (AvgIpc) is 3.05. The third kappa shape index (κ3) is 4.77. The highest BCUT2D eigenvalue weighted by atomic mass is 16.5. The molecular weight excluding hydrogens is 444 g/mol. The highest BCUT2D eigenvalue weighted by Gasteiger charge is 2.56. The van der Waals surface area contributed by atoms with Crippen LogP contribution >= 0.6 is 0 Å². The van der Waals surface area contributed by atoms with Gasteiger partial charge < -0.3 is 20.3 Å². The van der Waals surface area contributed by atoms with E-state index in [1.165, 1.54) is 5.56 Å². The summed E-state index contributed by atoms with van der Waals surface area (Å²) in [5, 5.41) is 25.5. The molecule has 4 aliphatic rings. The monoisotopic (exact) mass is 486 g/mol. The third-order valence-corrected chi connectivity index (χ3v) is 9.27. The van der Waals surface area contributed by atoms with Crippen LogP contribution in [-0.4, -0.2) is 101 Å². The molecule has 1 aromatic rings. The lowest BCUT2D eigenvalue weighted by molar-refractivity contribution is -0.145. The van der Waals surface area contributed by atoms with Crippen molar-refractivity contribution in [1.29, 1.82) is 0 Å². The lowest BCUT2D eigenvalue weighted by atomic mass is 9.67.